The second-order valence-electron chi connectivity index (χ2n) is 5.79. The van der Waals surface area contributed by atoms with E-state index in [2.05, 4.69) is 11.8 Å². The van der Waals surface area contributed by atoms with Gasteiger partial charge in [0, 0.05) is 19.0 Å². The Morgan fingerprint density at radius 2 is 2.18 bits per heavy atom. The fourth-order valence-corrected chi connectivity index (χ4v) is 2.91. The number of carboxylic acids is 1. The molecule has 2 unspecified atom stereocenters. The van der Waals surface area contributed by atoms with E-state index in [1.54, 1.807) is 6.07 Å². The minimum atomic E-state index is -0.749. The first-order valence-electron chi connectivity index (χ1n) is 7.63. The highest BCUT2D eigenvalue weighted by Crippen LogP contribution is 2.26. The fraction of sp³-hybridized carbons (Fsp3) is 0.625. The van der Waals surface area contributed by atoms with Crippen LogP contribution in [0.2, 0.25) is 0 Å². The van der Waals surface area contributed by atoms with Gasteiger partial charge < -0.3 is 14.3 Å². The van der Waals surface area contributed by atoms with Gasteiger partial charge in [-0.2, -0.15) is 0 Å². The number of likely N-dealkylation sites (tertiary alicyclic amines) is 1. The predicted molar refractivity (Wildman–Crippen MR) is 79.7 cm³/mol. The van der Waals surface area contributed by atoms with Crippen LogP contribution < -0.4 is 0 Å². The van der Waals surface area contributed by atoms with Gasteiger partial charge in [0.05, 0.1) is 19.6 Å². The Labute approximate surface area is 130 Å². The lowest BCUT2D eigenvalue weighted by Crippen LogP contribution is -2.43. The number of carboxylic acid groups (broad SMARTS) is 1. The van der Waals surface area contributed by atoms with Gasteiger partial charge in [-0.05, 0) is 25.8 Å². The summed E-state index contributed by atoms with van der Waals surface area (Å²) in [4.78, 5) is 25.0. The summed E-state index contributed by atoms with van der Waals surface area (Å²) < 4.78 is 10.5. The first-order chi connectivity index (χ1) is 10.5. The smallest absolute Gasteiger partial charge is 0.341 e. The van der Waals surface area contributed by atoms with E-state index >= 15 is 0 Å². The third kappa shape index (κ3) is 3.50. The van der Waals surface area contributed by atoms with Crippen LogP contribution in [0.5, 0.6) is 0 Å². The topological polar surface area (TPSA) is 80.0 Å². The Morgan fingerprint density at radius 1 is 1.45 bits per heavy atom. The van der Waals surface area contributed by atoms with Crippen molar-refractivity contribution in [1.29, 1.82) is 0 Å². The van der Waals surface area contributed by atoms with Crippen molar-refractivity contribution in [3.63, 3.8) is 0 Å². The van der Waals surface area contributed by atoms with E-state index in [1.165, 1.54) is 7.11 Å². The Bertz CT molecular complexity index is 551. The average molecular weight is 309 g/mol. The van der Waals surface area contributed by atoms with E-state index in [9.17, 15) is 14.7 Å². The summed E-state index contributed by atoms with van der Waals surface area (Å²) >= 11 is 0. The van der Waals surface area contributed by atoms with Crippen LogP contribution in [0.25, 0.3) is 0 Å². The largest absolute Gasteiger partial charge is 0.481 e. The molecule has 0 bridgehead atoms. The zero-order valence-electron chi connectivity index (χ0n) is 13.3. The zero-order chi connectivity index (χ0) is 16.3. The zero-order valence-corrected chi connectivity index (χ0v) is 13.3. The molecule has 122 valence electrons. The third-order valence-electron chi connectivity index (χ3n) is 4.31. The Morgan fingerprint density at radius 3 is 2.77 bits per heavy atom. The van der Waals surface area contributed by atoms with Crippen LogP contribution in [-0.2, 0) is 22.5 Å². The van der Waals surface area contributed by atoms with Crippen molar-refractivity contribution < 1.29 is 23.8 Å². The minimum absolute atomic E-state index is 0.298. The molecule has 2 atom stereocenters. The molecule has 1 aliphatic rings. The molecule has 1 fully saturated rings. The average Bonchev–Trinajstić information content (AvgIpc) is 2.91. The predicted octanol–water partition coefficient (Wildman–Crippen LogP) is 2.31. The molecule has 0 saturated carbocycles. The standard InChI is InChI=1S/C16H23NO5/c1-4-14-13(16(20)21-3)7-12(22-14)9-17-8-11(15(18)19)6-5-10(17)2/h7,10-11H,4-6,8-9H2,1-3H3,(H,18,19). The van der Waals surface area contributed by atoms with Gasteiger partial charge in [0.2, 0.25) is 0 Å². The van der Waals surface area contributed by atoms with E-state index in [0.717, 1.165) is 6.42 Å². The minimum Gasteiger partial charge on any atom is -0.481 e. The summed E-state index contributed by atoms with van der Waals surface area (Å²) in [5.41, 5.74) is 0.458. The molecule has 22 heavy (non-hydrogen) atoms. The number of aryl methyl sites for hydroxylation is 1. The molecule has 0 radical (unpaired) electrons. The summed E-state index contributed by atoms with van der Waals surface area (Å²) in [7, 11) is 1.35. The molecule has 0 spiro atoms. The van der Waals surface area contributed by atoms with Crippen molar-refractivity contribution in [3.8, 4) is 0 Å². The SMILES string of the molecule is CCc1oc(CN2CC(C(=O)O)CCC2C)cc1C(=O)OC. The second-order valence-corrected chi connectivity index (χ2v) is 5.79. The van der Waals surface area contributed by atoms with Crippen LogP contribution in [0.3, 0.4) is 0 Å². The highest BCUT2D eigenvalue weighted by Gasteiger charge is 2.30. The van der Waals surface area contributed by atoms with Gasteiger partial charge in [-0.15, -0.1) is 0 Å². The van der Waals surface area contributed by atoms with Gasteiger partial charge in [0.15, 0.2) is 0 Å². The number of hydrogen-bond acceptors (Lipinski definition) is 5. The molecule has 2 rings (SSSR count). The molecular formula is C16H23NO5. The first-order valence-corrected chi connectivity index (χ1v) is 7.63. The summed E-state index contributed by atoms with van der Waals surface area (Å²) in [5.74, 6) is -0.198. The fourth-order valence-electron chi connectivity index (χ4n) is 2.91. The van der Waals surface area contributed by atoms with E-state index in [1.807, 2.05) is 6.92 Å². The van der Waals surface area contributed by atoms with Gasteiger partial charge >= 0.3 is 11.9 Å². The van der Waals surface area contributed by atoms with Crippen LogP contribution in [0.15, 0.2) is 10.5 Å². The highest BCUT2D eigenvalue weighted by atomic mass is 16.5. The number of piperidine rings is 1. The molecule has 1 N–H and O–H groups in total. The van der Waals surface area contributed by atoms with Gasteiger partial charge in [0.25, 0.3) is 0 Å². The van der Waals surface area contributed by atoms with Crippen molar-refractivity contribution in [2.24, 2.45) is 5.92 Å². The Kier molecular flexibility index (Phi) is 5.24. The number of ether oxygens (including phenoxy) is 1. The van der Waals surface area contributed by atoms with Crippen LogP contribution in [0.1, 0.15) is 48.6 Å². The Hall–Kier alpha value is -1.82. The molecule has 0 aliphatic carbocycles. The molecular weight excluding hydrogens is 286 g/mol. The summed E-state index contributed by atoms with van der Waals surface area (Å²) in [6, 6.07) is 2.01. The van der Waals surface area contributed by atoms with E-state index < -0.39 is 11.9 Å². The summed E-state index contributed by atoms with van der Waals surface area (Å²) in [6.07, 6.45) is 2.17. The number of furan rings is 1. The number of carbonyl (C=O) groups is 2. The molecule has 1 aromatic heterocycles. The maximum absolute atomic E-state index is 11.7. The van der Waals surface area contributed by atoms with Crippen LogP contribution in [0.4, 0.5) is 0 Å². The quantitative estimate of drug-likeness (QED) is 0.841. The molecule has 6 nitrogen and oxygen atoms in total. The van der Waals surface area contributed by atoms with Gasteiger partial charge in [-0.1, -0.05) is 6.92 Å². The molecule has 1 aromatic rings. The first kappa shape index (κ1) is 16.5. The van der Waals surface area contributed by atoms with Crippen molar-refractivity contribution >= 4 is 11.9 Å². The van der Waals surface area contributed by atoms with E-state index in [4.69, 9.17) is 9.15 Å². The lowest BCUT2D eigenvalue weighted by Gasteiger charge is -2.35. The lowest BCUT2D eigenvalue weighted by atomic mass is 9.93. The highest BCUT2D eigenvalue weighted by molar-refractivity contribution is 5.90. The third-order valence-corrected chi connectivity index (χ3v) is 4.31. The molecule has 6 heteroatoms. The monoisotopic (exact) mass is 309 g/mol. The number of hydrogen-bond donors (Lipinski definition) is 1. The lowest BCUT2D eigenvalue weighted by molar-refractivity contribution is -0.144. The summed E-state index contributed by atoms with van der Waals surface area (Å²) in [5, 5.41) is 9.19. The number of esters is 1. The summed E-state index contributed by atoms with van der Waals surface area (Å²) in [6.45, 7) is 5.02. The maximum atomic E-state index is 11.7. The number of nitrogens with zero attached hydrogens (tertiary/aromatic N) is 1. The number of carbonyl (C=O) groups excluding carboxylic acids is 1. The van der Waals surface area contributed by atoms with E-state index in [0.29, 0.717) is 49.1 Å². The van der Waals surface area contributed by atoms with Crippen LogP contribution >= 0.6 is 0 Å². The van der Waals surface area contributed by atoms with Crippen LogP contribution in [0, 0.1) is 5.92 Å². The molecule has 0 aromatic carbocycles. The van der Waals surface area contributed by atoms with Crippen molar-refractivity contribution in [2.75, 3.05) is 13.7 Å². The molecule has 0 amide bonds. The molecule has 2 heterocycles. The van der Waals surface area contributed by atoms with Crippen molar-refractivity contribution in [2.45, 2.75) is 45.7 Å². The van der Waals surface area contributed by atoms with Gasteiger partial charge in [-0.3, -0.25) is 9.69 Å². The number of rotatable bonds is 5. The second kappa shape index (κ2) is 6.96. The molecule has 1 saturated heterocycles. The maximum Gasteiger partial charge on any atom is 0.341 e. The normalized spacial score (nSPS) is 22.5. The number of aliphatic carboxylic acids is 1. The van der Waals surface area contributed by atoms with Gasteiger partial charge in [-0.25, -0.2) is 4.79 Å². The number of methoxy groups -OCH3 is 1. The van der Waals surface area contributed by atoms with Crippen molar-refractivity contribution in [1.82, 2.24) is 4.90 Å². The van der Waals surface area contributed by atoms with Crippen LogP contribution in [-0.4, -0.2) is 41.6 Å². The van der Waals surface area contributed by atoms with Gasteiger partial charge in [0.1, 0.15) is 17.1 Å². The van der Waals surface area contributed by atoms with E-state index in [-0.39, 0.29) is 5.92 Å². The van der Waals surface area contributed by atoms with Crippen molar-refractivity contribution in [3.05, 3.63) is 23.2 Å². The molecule has 1 aliphatic heterocycles. The Balaban J connectivity index is 2.13.